The predicted octanol–water partition coefficient (Wildman–Crippen LogP) is 5.83. The number of alkyl halides is 3. The van der Waals surface area contributed by atoms with Crippen molar-refractivity contribution in [1.82, 2.24) is 14.5 Å². The van der Waals surface area contributed by atoms with Crippen molar-refractivity contribution >= 4 is 22.5 Å². The van der Waals surface area contributed by atoms with Crippen LogP contribution in [0.2, 0.25) is 0 Å². The van der Waals surface area contributed by atoms with Crippen LogP contribution in [-0.4, -0.2) is 59.3 Å². The zero-order chi connectivity index (χ0) is 28.3. The second-order valence-corrected chi connectivity index (χ2v) is 9.96. The van der Waals surface area contributed by atoms with Gasteiger partial charge in [-0.05, 0) is 61.9 Å². The quantitative estimate of drug-likeness (QED) is 0.260. The molecule has 10 heteroatoms. The van der Waals surface area contributed by atoms with Crippen LogP contribution < -0.4 is 14.4 Å². The van der Waals surface area contributed by atoms with Gasteiger partial charge in [-0.2, -0.15) is 0 Å². The predicted molar refractivity (Wildman–Crippen MR) is 147 cm³/mol. The summed E-state index contributed by atoms with van der Waals surface area (Å²) in [7, 11) is 0. The van der Waals surface area contributed by atoms with Gasteiger partial charge in [-0.1, -0.05) is 30.3 Å². The van der Waals surface area contributed by atoms with Gasteiger partial charge in [0.1, 0.15) is 17.3 Å². The van der Waals surface area contributed by atoms with Gasteiger partial charge >= 0.3 is 6.36 Å². The Hall–Kier alpha value is -4.05. The molecule has 210 valence electrons. The summed E-state index contributed by atoms with van der Waals surface area (Å²) in [6.45, 7) is 7.60. The molecule has 3 aromatic carbocycles. The number of Topliss-reactive ketones (excluding diaryl/α,β-unsaturated/α-hetero) is 1. The highest BCUT2D eigenvalue weighted by atomic mass is 19.4. The van der Waals surface area contributed by atoms with E-state index in [9.17, 15) is 18.0 Å². The van der Waals surface area contributed by atoms with Crippen LogP contribution in [0, 0.1) is 0 Å². The third-order valence-corrected chi connectivity index (χ3v) is 6.86. The minimum atomic E-state index is -4.74. The molecule has 1 aliphatic heterocycles. The highest BCUT2D eigenvalue weighted by Crippen LogP contribution is 2.30. The van der Waals surface area contributed by atoms with E-state index in [-0.39, 0.29) is 17.6 Å². The van der Waals surface area contributed by atoms with Gasteiger partial charge in [0.15, 0.2) is 11.9 Å². The number of hydrogen-bond donors (Lipinski definition) is 0. The Morgan fingerprint density at radius 1 is 0.950 bits per heavy atom. The number of benzene rings is 3. The maximum Gasteiger partial charge on any atom is 0.573 e. The zero-order valence-electron chi connectivity index (χ0n) is 22.4. The minimum Gasteiger partial charge on any atom is -0.483 e. The number of carbonyl (C=O) groups is 1. The van der Waals surface area contributed by atoms with Crippen LogP contribution in [0.4, 0.5) is 18.9 Å². The summed E-state index contributed by atoms with van der Waals surface area (Å²) in [6.07, 6.45) is -5.13. The fourth-order valence-corrected chi connectivity index (χ4v) is 5.02. The zero-order valence-corrected chi connectivity index (χ0v) is 22.4. The van der Waals surface area contributed by atoms with Gasteiger partial charge in [-0.15, -0.1) is 13.2 Å². The van der Waals surface area contributed by atoms with Crippen LogP contribution in [0.25, 0.3) is 11.0 Å². The van der Waals surface area contributed by atoms with Crippen molar-refractivity contribution in [2.75, 3.05) is 37.6 Å². The molecule has 1 atom stereocenters. The standard InChI is InChI=1S/C30H31F3N4O3/c1-21(38)19-35-14-16-36(17-15-35)24-10-13-27-28(18-24)37(20-23-8-11-26(12-9-23)40-30(31,32)33)29(34-27)22(2)39-25-6-4-3-5-7-25/h3-13,18,22H,14-17,19-20H2,1-2H3. The number of para-hydroxylation sites is 1. The lowest BCUT2D eigenvalue weighted by atomic mass is 10.2. The highest BCUT2D eigenvalue weighted by Gasteiger charge is 2.31. The number of hydrogen-bond acceptors (Lipinski definition) is 6. The normalized spacial score (nSPS) is 15.3. The molecule has 1 aromatic heterocycles. The summed E-state index contributed by atoms with van der Waals surface area (Å²) in [5, 5.41) is 0. The molecule has 0 amide bonds. The number of nitrogens with zero attached hydrogens (tertiary/aromatic N) is 4. The third-order valence-electron chi connectivity index (χ3n) is 6.86. The first-order valence-electron chi connectivity index (χ1n) is 13.2. The lowest BCUT2D eigenvalue weighted by molar-refractivity contribution is -0.274. The Morgan fingerprint density at radius 2 is 1.65 bits per heavy atom. The number of imidazole rings is 1. The number of halogens is 3. The molecule has 40 heavy (non-hydrogen) atoms. The van der Waals surface area contributed by atoms with Crippen molar-refractivity contribution in [3.63, 3.8) is 0 Å². The van der Waals surface area contributed by atoms with E-state index in [2.05, 4.69) is 31.2 Å². The number of rotatable bonds is 9. The number of anilines is 1. The van der Waals surface area contributed by atoms with E-state index >= 15 is 0 Å². The minimum absolute atomic E-state index is 0.163. The summed E-state index contributed by atoms with van der Waals surface area (Å²) in [4.78, 5) is 20.9. The van der Waals surface area contributed by atoms with Crippen LogP contribution in [0.3, 0.4) is 0 Å². The SMILES string of the molecule is CC(=O)CN1CCN(c2ccc3nc(C(C)Oc4ccccc4)n(Cc4ccc(OC(F)(F)F)cc4)c3c2)CC1. The third kappa shape index (κ3) is 6.74. The molecule has 0 spiro atoms. The van der Waals surface area contributed by atoms with Crippen molar-refractivity contribution in [3.8, 4) is 11.5 Å². The van der Waals surface area contributed by atoms with Gasteiger partial charge < -0.3 is 18.9 Å². The van der Waals surface area contributed by atoms with Crippen LogP contribution in [0.15, 0.2) is 72.8 Å². The van der Waals surface area contributed by atoms with E-state index in [1.165, 1.54) is 12.1 Å². The summed E-state index contributed by atoms with van der Waals surface area (Å²) < 4.78 is 50.2. The summed E-state index contributed by atoms with van der Waals surface area (Å²) in [5.74, 6) is 1.32. The number of ketones is 1. The topological polar surface area (TPSA) is 59.8 Å². The Bertz CT molecular complexity index is 1450. The summed E-state index contributed by atoms with van der Waals surface area (Å²) in [6, 6.07) is 21.5. The average Bonchev–Trinajstić information content (AvgIpc) is 3.27. The first kappa shape index (κ1) is 27.5. The molecule has 0 bridgehead atoms. The molecule has 1 aliphatic rings. The second kappa shape index (κ2) is 11.6. The van der Waals surface area contributed by atoms with Gasteiger partial charge in [0.2, 0.25) is 0 Å². The molecule has 0 saturated carbocycles. The first-order valence-corrected chi connectivity index (χ1v) is 13.2. The van der Waals surface area contributed by atoms with Crippen LogP contribution in [0.1, 0.15) is 31.3 Å². The van der Waals surface area contributed by atoms with Crippen LogP contribution in [0.5, 0.6) is 11.5 Å². The fourth-order valence-electron chi connectivity index (χ4n) is 5.02. The van der Waals surface area contributed by atoms with Gasteiger partial charge in [-0.25, -0.2) is 4.98 Å². The smallest absolute Gasteiger partial charge is 0.483 e. The van der Waals surface area contributed by atoms with Gasteiger partial charge in [0, 0.05) is 38.4 Å². The number of piperazine rings is 1. The van der Waals surface area contributed by atoms with E-state index in [1.54, 1.807) is 19.1 Å². The Morgan fingerprint density at radius 3 is 2.30 bits per heavy atom. The van der Waals surface area contributed by atoms with Crippen molar-refractivity contribution in [2.45, 2.75) is 32.9 Å². The lowest BCUT2D eigenvalue weighted by Gasteiger charge is -2.35. The fraction of sp³-hybridized carbons (Fsp3) is 0.333. The maximum absolute atomic E-state index is 12.6. The second-order valence-electron chi connectivity index (χ2n) is 9.96. The van der Waals surface area contributed by atoms with E-state index in [0.29, 0.717) is 24.7 Å². The molecule has 1 saturated heterocycles. The molecule has 1 unspecified atom stereocenters. The number of carbonyl (C=O) groups excluding carboxylic acids is 1. The van der Waals surface area contributed by atoms with E-state index in [0.717, 1.165) is 48.5 Å². The molecular weight excluding hydrogens is 521 g/mol. The summed E-state index contributed by atoms with van der Waals surface area (Å²) in [5.41, 5.74) is 3.55. The van der Waals surface area contributed by atoms with Gasteiger partial charge in [-0.3, -0.25) is 9.69 Å². The van der Waals surface area contributed by atoms with E-state index in [4.69, 9.17) is 9.72 Å². The number of ether oxygens (including phenoxy) is 2. The number of aromatic nitrogens is 2. The Labute approximate surface area is 230 Å². The first-order chi connectivity index (χ1) is 19.1. The van der Waals surface area contributed by atoms with Crippen LogP contribution in [-0.2, 0) is 11.3 Å². The molecule has 2 heterocycles. The summed E-state index contributed by atoms with van der Waals surface area (Å²) >= 11 is 0. The largest absolute Gasteiger partial charge is 0.573 e. The van der Waals surface area contributed by atoms with Gasteiger partial charge in [0.05, 0.1) is 17.6 Å². The molecule has 0 N–H and O–H groups in total. The maximum atomic E-state index is 12.6. The molecule has 4 aromatic rings. The number of fused-ring (bicyclic) bond motifs is 1. The molecule has 7 nitrogen and oxygen atoms in total. The monoisotopic (exact) mass is 552 g/mol. The van der Waals surface area contributed by atoms with Gasteiger partial charge in [0.25, 0.3) is 0 Å². The highest BCUT2D eigenvalue weighted by molar-refractivity contribution is 5.81. The molecule has 1 fully saturated rings. The van der Waals surface area contributed by atoms with Crippen molar-refractivity contribution < 1.29 is 27.4 Å². The van der Waals surface area contributed by atoms with E-state index in [1.807, 2.05) is 43.3 Å². The van der Waals surface area contributed by atoms with Crippen molar-refractivity contribution in [2.24, 2.45) is 0 Å². The van der Waals surface area contributed by atoms with Crippen molar-refractivity contribution in [1.29, 1.82) is 0 Å². The average molecular weight is 553 g/mol. The molecule has 5 rings (SSSR count). The molecule has 0 aliphatic carbocycles. The lowest BCUT2D eigenvalue weighted by Crippen LogP contribution is -2.47. The Kier molecular flexibility index (Phi) is 7.97. The van der Waals surface area contributed by atoms with Crippen LogP contribution >= 0.6 is 0 Å². The molecular formula is C30H31F3N4O3. The Balaban J connectivity index is 1.45. The van der Waals surface area contributed by atoms with E-state index < -0.39 is 6.36 Å². The molecule has 0 radical (unpaired) electrons. The van der Waals surface area contributed by atoms with Crippen molar-refractivity contribution in [3.05, 3.63) is 84.2 Å².